The third-order valence-electron chi connectivity index (χ3n) is 3.29. The molecule has 0 spiro atoms. The van der Waals surface area contributed by atoms with E-state index >= 15 is 0 Å². The van der Waals surface area contributed by atoms with Crippen LogP contribution in [-0.4, -0.2) is 26.3 Å². The zero-order valence-corrected chi connectivity index (χ0v) is 13.0. The van der Waals surface area contributed by atoms with E-state index in [1.807, 2.05) is 31.2 Å². The Hall–Kier alpha value is -2.49. The molecule has 0 aliphatic carbocycles. The summed E-state index contributed by atoms with van der Waals surface area (Å²) in [6.07, 6.45) is 0.820. The minimum Gasteiger partial charge on any atom is -0.497 e. The van der Waals surface area contributed by atoms with Gasteiger partial charge in [-0.25, -0.2) is 4.79 Å². The molecule has 1 atom stereocenters. The van der Waals surface area contributed by atoms with Gasteiger partial charge in [-0.05, 0) is 48.9 Å². The van der Waals surface area contributed by atoms with E-state index in [1.165, 1.54) is 12.7 Å². The first-order valence-electron chi connectivity index (χ1n) is 7.10. The fourth-order valence-corrected chi connectivity index (χ4v) is 2.15. The summed E-state index contributed by atoms with van der Waals surface area (Å²) in [5, 5.41) is 0. The first-order chi connectivity index (χ1) is 10.6. The Morgan fingerprint density at radius 3 is 2.09 bits per heavy atom. The van der Waals surface area contributed by atoms with Gasteiger partial charge in [0.2, 0.25) is 0 Å². The van der Waals surface area contributed by atoms with Crippen LogP contribution in [0.2, 0.25) is 0 Å². The van der Waals surface area contributed by atoms with Gasteiger partial charge in [-0.15, -0.1) is 0 Å². The molecule has 0 aliphatic rings. The average molecular weight is 300 g/mol. The second kappa shape index (κ2) is 7.50. The summed E-state index contributed by atoms with van der Waals surface area (Å²) in [4.78, 5) is 11.4. The van der Waals surface area contributed by atoms with E-state index in [2.05, 4.69) is 4.74 Å². The number of esters is 1. The highest BCUT2D eigenvalue weighted by Crippen LogP contribution is 2.17. The predicted octanol–water partition coefficient (Wildman–Crippen LogP) is 3.49. The normalized spacial score (nSPS) is 11.6. The van der Waals surface area contributed by atoms with Gasteiger partial charge >= 0.3 is 5.97 Å². The summed E-state index contributed by atoms with van der Waals surface area (Å²) in [6, 6.07) is 14.9. The molecule has 22 heavy (non-hydrogen) atoms. The van der Waals surface area contributed by atoms with Crippen LogP contribution >= 0.6 is 0 Å². The molecule has 2 aromatic rings. The minimum absolute atomic E-state index is 0.0253. The summed E-state index contributed by atoms with van der Waals surface area (Å²) in [7, 11) is 3.02. The molecular formula is C18H20O4. The molecule has 0 radical (unpaired) electrons. The summed E-state index contributed by atoms with van der Waals surface area (Å²) in [6.45, 7) is 2.01. The van der Waals surface area contributed by atoms with Crippen LogP contribution in [0.5, 0.6) is 11.5 Å². The number of carbonyl (C=O) groups excluding carboxylic acids is 1. The van der Waals surface area contributed by atoms with Crippen molar-refractivity contribution in [2.45, 2.75) is 19.4 Å². The van der Waals surface area contributed by atoms with Gasteiger partial charge in [-0.1, -0.05) is 12.1 Å². The first-order valence-corrected chi connectivity index (χ1v) is 7.10. The zero-order chi connectivity index (χ0) is 15.9. The van der Waals surface area contributed by atoms with Gasteiger partial charge in [0.25, 0.3) is 0 Å². The van der Waals surface area contributed by atoms with Crippen LogP contribution in [0.3, 0.4) is 0 Å². The van der Waals surface area contributed by atoms with Gasteiger partial charge in [0.15, 0.2) is 0 Å². The van der Waals surface area contributed by atoms with Crippen LogP contribution in [0.25, 0.3) is 0 Å². The van der Waals surface area contributed by atoms with Gasteiger partial charge < -0.3 is 14.2 Å². The summed E-state index contributed by atoms with van der Waals surface area (Å²) in [5.41, 5.74) is 1.69. The van der Waals surface area contributed by atoms with Gasteiger partial charge in [0.05, 0.1) is 25.9 Å². The standard InChI is InChI=1S/C18H20O4/c1-13(12-14-4-8-16(20-2)9-5-14)22-17-10-6-15(7-11-17)18(19)21-3/h4-11,13H,12H2,1-3H3. The molecule has 1 unspecified atom stereocenters. The van der Waals surface area contributed by atoms with Crippen LogP contribution in [-0.2, 0) is 11.2 Å². The Labute approximate surface area is 130 Å². The quantitative estimate of drug-likeness (QED) is 0.766. The van der Waals surface area contributed by atoms with Crippen molar-refractivity contribution in [2.75, 3.05) is 14.2 Å². The van der Waals surface area contributed by atoms with Crippen molar-refractivity contribution < 1.29 is 19.0 Å². The van der Waals surface area contributed by atoms with E-state index in [4.69, 9.17) is 9.47 Å². The lowest BCUT2D eigenvalue weighted by atomic mass is 10.1. The van der Waals surface area contributed by atoms with Crippen molar-refractivity contribution >= 4 is 5.97 Å². The van der Waals surface area contributed by atoms with E-state index in [9.17, 15) is 4.79 Å². The Balaban J connectivity index is 1.93. The SMILES string of the molecule is COC(=O)c1ccc(OC(C)Cc2ccc(OC)cc2)cc1. The number of rotatable bonds is 6. The molecule has 0 amide bonds. The van der Waals surface area contributed by atoms with E-state index in [0.717, 1.165) is 17.9 Å². The van der Waals surface area contributed by atoms with Crippen molar-refractivity contribution in [3.63, 3.8) is 0 Å². The number of carbonyl (C=O) groups is 1. The van der Waals surface area contributed by atoms with E-state index < -0.39 is 0 Å². The van der Waals surface area contributed by atoms with Crippen LogP contribution in [0, 0.1) is 0 Å². The fourth-order valence-electron chi connectivity index (χ4n) is 2.15. The molecular weight excluding hydrogens is 280 g/mol. The summed E-state index contributed by atoms with van der Waals surface area (Å²) in [5.74, 6) is 1.22. The number of hydrogen-bond acceptors (Lipinski definition) is 4. The maximum absolute atomic E-state index is 11.4. The third kappa shape index (κ3) is 4.25. The lowest BCUT2D eigenvalue weighted by Gasteiger charge is -2.15. The third-order valence-corrected chi connectivity index (χ3v) is 3.29. The Morgan fingerprint density at radius 2 is 1.55 bits per heavy atom. The van der Waals surface area contributed by atoms with Crippen LogP contribution in [0.1, 0.15) is 22.8 Å². The largest absolute Gasteiger partial charge is 0.497 e. The van der Waals surface area contributed by atoms with Gasteiger partial charge in [-0.3, -0.25) is 0 Å². The summed E-state index contributed by atoms with van der Waals surface area (Å²) >= 11 is 0. The molecule has 2 rings (SSSR count). The van der Waals surface area contributed by atoms with Crippen LogP contribution in [0.15, 0.2) is 48.5 Å². The Morgan fingerprint density at radius 1 is 0.955 bits per heavy atom. The molecule has 116 valence electrons. The maximum Gasteiger partial charge on any atom is 0.337 e. The Bertz CT molecular complexity index is 602. The molecule has 0 fully saturated rings. The lowest BCUT2D eigenvalue weighted by molar-refractivity contribution is 0.0600. The summed E-state index contributed by atoms with van der Waals surface area (Å²) < 4.78 is 15.7. The molecule has 0 heterocycles. The highest BCUT2D eigenvalue weighted by atomic mass is 16.5. The first kappa shape index (κ1) is 15.9. The molecule has 0 bridgehead atoms. The van der Waals surface area contributed by atoms with E-state index in [0.29, 0.717) is 5.56 Å². The van der Waals surface area contributed by atoms with Crippen LogP contribution in [0.4, 0.5) is 0 Å². The molecule has 0 saturated heterocycles. The van der Waals surface area contributed by atoms with Crippen molar-refractivity contribution in [3.8, 4) is 11.5 Å². The Kier molecular flexibility index (Phi) is 5.42. The van der Waals surface area contributed by atoms with Crippen LogP contribution < -0.4 is 9.47 Å². The topological polar surface area (TPSA) is 44.8 Å². The van der Waals surface area contributed by atoms with Crippen molar-refractivity contribution in [3.05, 3.63) is 59.7 Å². The van der Waals surface area contributed by atoms with Crippen molar-refractivity contribution in [1.29, 1.82) is 0 Å². The molecule has 0 aromatic heterocycles. The molecule has 4 heteroatoms. The van der Waals surface area contributed by atoms with Gasteiger partial charge in [0, 0.05) is 6.42 Å². The highest BCUT2D eigenvalue weighted by Gasteiger charge is 2.08. The molecule has 2 aromatic carbocycles. The fraction of sp³-hybridized carbons (Fsp3) is 0.278. The molecule has 0 saturated carbocycles. The second-order valence-electron chi connectivity index (χ2n) is 5.00. The monoisotopic (exact) mass is 300 g/mol. The number of methoxy groups -OCH3 is 2. The van der Waals surface area contributed by atoms with Crippen molar-refractivity contribution in [1.82, 2.24) is 0 Å². The average Bonchev–Trinajstić information content (AvgIpc) is 2.55. The molecule has 4 nitrogen and oxygen atoms in total. The van der Waals surface area contributed by atoms with Gasteiger partial charge in [-0.2, -0.15) is 0 Å². The van der Waals surface area contributed by atoms with E-state index in [-0.39, 0.29) is 12.1 Å². The predicted molar refractivity (Wildman–Crippen MR) is 84.6 cm³/mol. The zero-order valence-electron chi connectivity index (χ0n) is 13.0. The highest BCUT2D eigenvalue weighted by molar-refractivity contribution is 5.89. The molecule has 0 N–H and O–H groups in total. The van der Waals surface area contributed by atoms with Gasteiger partial charge in [0.1, 0.15) is 11.5 Å². The minimum atomic E-state index is -0.349. The second-order valence-corrected chi connectivity index (χ2v) is 5.00. The smallest absolute Gasteiger partial charge is 0.337 e. The number of benzene rings is 2. The maximum atomic E-state index is 11.4. The van der Waals surface area contributed by atoms with Crippen molar-refractivity contribution in [2.24, 2.45) is 0 Å². The lowest BCUT2D eigenvalue weighted by Crippen LogP contribution is -2.15. The number of ether oxygens (including phenoxy) is 3. The van der Waals surface area contributed by atoms with E-state index in [1.54, 1.807) is 31.4 Å². The molecule has 0 aliphatic heterocycles. The number of hydrogen-bond donors (Lipinski definition) is 0.